The lowest BCUT2D eigenvalue weighted by Gasteiger charge is -2.28. The Labute approximate surface area is 148 Å². The smallest absolute Gasteiger partial charge is 0.237 e. The largest absolute Gasteiger partial charge is 0.345 e. The van der Waals surface area contributed by atoms with Crippen LogP contribution >= 0.6 is 0 Å². The standard InChI is InChI=1S/C19H39N3O2/c1-13(2)10-11-14(3)16(21)18(24)22-15(9-7-8-12-20)17(23)19(4,5)6/h13-16H,7-12,20-21H2,1-6H3,(H,22,24). The first-order valence-electron chi connectivity index (χ1n) is 9.31. The lowest BCUT2D eigenvalue weighted by atomic mass is 9.84. The monoisotopic (exact) mass is 341 g/mol. The number of nitrogens with one attached hydrogen (secondary N) is 1. The lowest BCUT2D eigenvalue weighted by Crippen LogP contribution is -2.52. The molecule has 1 amide bonds. The quantitative estimate of drug-likeness (QED) is 0.503. The molecule has 0 aromatic heterocycles. The Bertz CT molecular complexity index is 389. The molecule has 0 aromatic rings. The first-order chi connectivity index (χ1) is 11.0. The molecule has 0 saturated heterocycles. The van der Waals surface area contributed by atoms with Crippen LogP contribution in [0.25, 0.3) is 0 Å². The predicted molar refractivity (Wildman–Crippen MR) is 101 cm³/mol. The Balaban J connectivity index is 4.80. The zero-order valence-corrected chi connectivity index (χ0v) is 16.5. The van der Waals surface area contributed by atoms with Gasteiger partial charge in [-0.15, -0.1) is 0 Å². The summed E-state index contributed by atoms with van der Waals surface area (Å²) in [4.78, 5) is 25.1. The van der Waals surface area contributed by atoms with Crippen molar-refractivity contribution in [1.82, 2.24) is 5.32 Å². The van der Waals surface area contributed by atoms with E-state index in [1.165, 1.54) is 0 Å². The van der Waals surface area contributed by atoms with Crippen LogP contribution in [0.5, 0.6) is 0 Å². The third-order valence-electron chi connectivity index (χ3n) is 4.43. The van der Waals surface area contributed by atoms with E-state index in [0.29, 0.717) is 18.9 Å². The zero-order valence-electron chi connectivity index (χ0n) is 16.5. The maximum atomic E-state index is 12.6. The molecule has 0 aliphatic carbocycles. The van der Waals surface area contributed by atoms with Gasteiger partial charge in [0, 0.05) is 5.41 Å². The summed E-state index contributed by atoms with van der Waals surface area (Å²) < 4.78 is 0. The molecule has 3 atom stereocenters. The Morgan fingerprint density at radius 2 is 1.58 bits per heavy atom. The summed E-state index contributed by atoms with van der Waals surface area (Å²) in [6.07, 6.45) is 4.24. The second kappa shape index (κ2) is 10.8. The highest BCUT2D eigenvalue weighted by atomic mass is 16.2. The van der Waals surface area contributed by atoms with E-state index >= 15 is 0 Å². The third kappa shape index (κ3) is 8.78. The van der Waals surface area contributed by atoms with Crippen molar-refractivity contribution in [3.63, 3.8) is 0 Å². The molecule has 142 valence electrons. The molecule has 0 aliphatic heterocycles. The van der Waals surface area contributed by atoms with Gasteiger partial charge in [-0.3, -0.25) is 9.59 Å². The van der Waals surface area contributed by atoms with Gasteiger partial charge in [0.25, 0.3) is 0 Å². The Kier molecular flexibility index (Phi) is 10.4. The van der Waals surface area contributed by atoms with E-state index in [2.05, 4.69) is 19.2 Å². The van der Waals surface area contributed by atoms with Crippen LogP contribution in [0.4, 0.5) is 0 Å². The summed E-state index contributed by atoms with van der Waals surface area (Å²) in [6.45, 7) is 12.5. The van der Waals surface area contributed by atoms with E-state index in [9.17, 15) is 9.59 Å². The second-order valence-corrected chi connectivity index (χ2v) is 8.43. The average molecular weight is 342 g/mol. The molecular weight excluding hydrogens is 302 g/mol. The SMILES string of the molecule is CC(C)CCC(C)C(N)C(=O)NC(CCCCN)C(=O)C(C)(C)C. The highest BCUT2D eigenvalue weighted by molar-refractivity contribution is 5.93. The summed E-state index contributed by atoms with van der Waals surface area (Å²) in [5.41, 5.74) is 11.2. The Morgan fingerprint density at radius 3 is 2.04 bits per heavy atom. The molecule has 5 heteroatoms. The number of nitrogens with two attached hydrogens (primary N) is 2. The number of ketones is 1. The van der Waals surface area contributed by atoms with Crippen LogP contribution in [0.1, 0.15) is 73.6 Å². The number of amides is 1. The number of unbranched alkanes of at least 4 members (excludes halogenated alkanes) is 1. The molecule has 5 nitrogen and oxygen atoms in total. The Hall–Kier alpha value is -0.940. The van der Waals surface area contributed by atoms with Gasteiger partial charge in [-0.05, 0) is 44.1 Å². The van der Waals surface area contributed by atoms with Gasteiger partial charge in [0.05, 0.1) is 12.1 Å². The number of hydrogen-bond acceptors (Lipinski definition) is 4. The summed E-state index contributed by atoms with van der Waals surface area (Å²) in [6, 6.07) is -1.05. The van der Waals surface area contributed by atoms with Crippen molar-refractivity contribution in [3.8, 4) is 0 Å². The maximum absolute atomic E-state index is 12.6. The molecule has 5 N–H and O–H groups in total. The van der Waals surface area contributed by atoms with Crippen molar-refractivity contribution in [1.29, 1.82) is 0 Å². The predicted octanol–water partition coefficient (Wildman–Crippen LogP) is 2.62. The van der Waals surface area contributed by atoms with Crippen LogP contribution in [0.3, 0.4) is 0 Å². The fourth-order valence-electron chi connectivity index (χ4n) is 2.59. The first-order valence-corrected chi connectivity index (χ1v) is 9.31. The van der Waals surface area contributed by atoms with E-state index in [-0.39, 0.29) is 17.6 Å². The van der Waals surface area contributed by atoms with Crippen LogP contribution in [0.15, 0.2) is 0 Å². The van der Waals surface area contributed by atoms with Gasteiger partial charge in [0.15, 0.2) is 5.78 Å². The minimum Gasteiger partial charge on any atom is -0.345 e. The number of carbonyl (C=O) groups is 2. The van der Waals surface area contributed by atoms with E-state index in [0.717, 1.165) is 25.7 Å². The van der Waals surface area contributed by atoms with Gasteiger partial charge in [-0.2, -0.15) is 0 Å². The maximum Gasteiger partial charge on any atom is 0.237 e. The minimum absolute atomic E-state index is 0.0508. The first kappa shape index (κ1) is 23.1. The molecule has 0 rings (SSSR count). The average Bonchev–Trinajstić information content (AvgIpc) is 2.49. The number of rotatable bonds is 11. The zero-order chi connectivity index (χ0) is 18.9. The van der Waals surface area contributed by atoms with Crippen LogP contribution in [-0.2, 0) is 9.59 Å². The van der Waals surface area contributed by atoms with E-state index in [1.807, 2.05) is 27.7 Å². The van der Waals surface area contributed by atoms with Crippen LogP contribution < -0.4 is 16.8 Å². The number of Topliss-reactive ketones (excluding diaryl/α,β-unsaturated/α-hetero) is 1. The molecule has 0 radical (unpaired) electrons. The molecule has 0 spiro atoms. The summed E-state index contributed by atoms with van der Waals surface area (Å²) in [7, 11) is 0. The molecule has 0 heterocycles. The molecule has 3 unspecified atom stereocenters. The normalized spacial score (nSPS) is 15.9. The van der Waals surface area contributed by atoms with Gasteiger partial charge >= 0.3 is 0 Å². The molecule has 0 aliphatic rings. The topological polar surface area (TPSA) is 98.2 Å². The van der Waals surface area contributed by atoms with Gasteiger partial charge in [0.2, 0.25) is 5.91 Å². The van der Waals surface area contributed by atoms with Gasteiger partial charge in [-0.25, -0.2) is 0 Å². The molecular formula is C19H39N3O2. The lowest BCUT2D eigenvalue weighted by molar-refractivity contribution is -0.133. The molecule has 24 heavy (non-hydrogen) atoms. The minimum atomic E-state index is -0.575. The van der Waals surface area contributed by atoms with Crippen molar-refractivity contribution in [3.05, 3.63) is 0 Å². The van der Waals surface area contributed by atoms with Crippen molar-refractivity contribution in [2.75, 3.05) is 6.54 Å². The van der Waals surface area contributed by atoms with Crippen molar-refractivity contribution < 1.29 is 9.59 Å². The van der Waals surface area contributed by atoms with Crippen molar-refractivity contribution in [2.45, 2.75) is 85.7 Å². The molecule has 0 bridgehead atoms. The highest BCUT2D eigenvalue weighted by Crippen LogP contribution is 2.20. The van der Waals surface area contributed by atoms with E-state index in [4.69, 9.17) is 11.5 Å². The fraction of sp³-hybridized carbons (Fsp3) is 0.895. The van der Waals surface area contributed by atoms with Gasteiger partial charge < -0.3 is 16.8 Å². The highest BCUT2D eigenvalue weighted by Gasteiger charge is 2.32. The molecule has 0 fully saturated rings. The fourth-order valence-corrected chi connectivity index (χ4v) is 2.59. The third-order valence-corrected chi connectivity index (χ3v) is 4.43. The molecule has 0 saturated carbocycles. The van der Waals surface area contributed by atoms with Crippen LogP contribution in [0, 0.1) is 17.3 Å². The number of hydrogen-bond donors (Lipinski definition) is 3. The number of carbonyl (C=O) groups excluding carboxylic acids is 2. The van der Waals surface area contributed by atoms with Gasteiger partial charge in [-0.1, -0.05) is 48.0 Å². The van der Waals surface area contributed by atoms with Crippen LogP contribution in [0.2, 0.25) is 0 Å². The second-order valence-electron chi connectivity index (χ2n) is 8.43. The Morgan fingerprint density at radius 1 is 1.00 bits per heavy atom. The molecule has 0 aromatic carbocycles. The van der Waals surface area contributed by atoms with Crippen LogP contribution in [-0.4, -0.2) is 30.3 Å². The van der Waals surface area contributed by atoms with Gasteiger partial charge in [0.1, 0.15) is 0 Å². The summed E-state index contributed by atoms with van der Waals surface area (Å²) in [5.74, 6) is 0.521. The summed E-state index contributed by atoms with van der Waals surface area (Å²) >= 11 is 0. The summed E-state index contributed by atoms with van der Waals surface area (Å²) in [5, 5.41) is 2.90. The van der Waals surface area contributed by atoms with E-state index < -0.39 is 17.5 Å². The van der Waals surface area contributed by atoms with Crippen molar-refractivity contribution in [2.24, 2.45) is 28.7 Å². The van der Waals surface area contributed by atoms with E-state index in [1.54, 1.807) is 0 Å². The van der Waals surface area contributed by atoms with Crippen molar-refractivity contribution >= 4 is 11.7 Å².